The molecule has 0 radical (unpaired) electrons. The summed E-state index contributed by atoms with van der Waals surface area (Å²) in [6.45, 7) is 8.67. The number of nitrogens with two attached hydrogens (primary N) is 1. The zero-order chi connectivity index (χ0) is 13.9. The van der Waals surface area contributed by atoms with Gasteiger partial charge in [0, 0.05) is 30.0 Å². The second-order valence-electron chi connectivity index (χ2n) is 5.63. The number of hydrogen-bond acceptors (Lipinski definition) is 4. The minimum absolute atomic E-state index is 0.0475. The molecule has 1 aromatic heterocycles. The smallest absolute Gasteiger partial charge is 0.191 e. The van der Waals surface area contributed by atoms with E-state index < -0.39 is 0 Å². The van der Waals surface area contributed by atoms with Crippen molar-refractivity contribution in [3.8, 4) is 0 Å². The third kappa shape index (κ3) is 3.86. The molecule has 0 aromatic carbocycles. The lowest BCUT2D eigenvalue weighted by Crippen LogP contribution is -2.42. The topological polar surface area (TPSA) is 83.2 Å². The molecule has 0 aliphatic carbocycles. The van der Waals surface area contributed by atoms with E-state index in [9.17, 15) is 0 Å². The van der Waals surface area contributed by atoms with Crippen LogP contribution in [0.15, 0.2) is 4.99 Å². The lowest BCUT2D eigenvalue weighted by atomic mass is 9.96. The number of hydrogen-bond donors (Lipinski definition) is 2. The Hall–Kier alpha value is -1.24. The van der Waals surface area contributed by atoms with Crippen molar-refractivity contribution >= 4 is 17.7 Å². The molecule has 106 valence electrons. The standard InChI is InChI=1S/C12H22N6S/c1-12(2,3)10-15-9(16-17-10)8-14-11(13)18-4-6-19-7-5-18/h4-8H2,1-3H3,(H2,13,14)(H,15,16,17). The van der Waals surface area contributed by atoms with Crippen molar-refractivity contribution in [1.82, 2.24) is 20.1 Å². The minimum Gasteiger partial charge on any atom is -0.370 e. The zero-order valence-electron chi connectivity index (χ0n) is 11.8. The number of nitrogens with one attached hydrogen (secondary N) is 1. The van der Waals surface area contributed by atoms with Crippen molar-refractivity contribution in [1.29, 1.82) is 0 Å². The Morgan fingerprint density at radius 1 is 1.42 bits per heavy atom. The average molecular weight is 282 g/mol. The van der Waals surface area contributed by atoms with E-state index in [1.54, 1.807) is 0 Å². The van der Waals surface area contributed by atoms with Crippen LogP contribution in [-0.4, -0.2) is 50.6 Å². The number of aliphatic imine (C=N–C) groups is 1. The summed E-state index contributed by atoms with van der Waals surface area (Å²) < 4.78 is 0. The molecule has 19 heavy (non-hydrogen) atoms. The molecule has 3 N–H and O–H groups in total. The van der Waals surface area contributed by atoms with Gasteiger partial charge >= 0.3 is 0 Å². The van der Waals surface area contributed by atoms with Crippen molar-refractivity contribution < 1.29 is 0 Å². The molecule has 6 nitrogen and oxygen atoms in total. The summed E-state index contributed by atoms with van der Waals surface area (Å²) in [7, 11) is 0. The molecule has 7 heteroatoms. The summed E-state index contributed by atoms with van der Waals surface area (Å²) in [5.74, 6) is 4.42. The molecular weight excluding hydrogens is 260 g/mol. The van der Waals surface area contributed by atoms with Gasteiger partial charge < -0.3 is 10.6 Å². The van der Waals surface area contributed by atoms with E-state index in [-0.39, 0.29) is 5.41 Å². The highest BCUT2D eigenvalue weighted by Crippen LogP contribution is 2.17. The van der Waals surface area contributed by atoms with Crippen LogP contribution >= 0.6 is 11.8 Å². The number of rotatable bonds is 2. The van der Waals surface area contributed by atoms with Gasteiger partial charge in [-0.2, -0.15) is 16.9 Å². The summed E-state index contributed by atoms with van der Waals surface area (Å²) in [5, 5.41) is 7.14. The Morgan fingerprint density at radius 2 is 2.11 bits per heavy atom. The third-order valence-corrected chi connectivity index (χ3v) is 3.87. The Balaban J connectivity index is 1.95. The Bertz CT molecular complexity index is 441. The second kappa shape index (κ2) is 5.81. The molecule has 2 heterocycles. The summed E-state index contributed by atoms with van der Waals surface area (Å²) in [6, 6.07) is 0. The van der Waals surface area contributed by atoms with E-state index in [2.05, 4.69) is 45.8 Å². The van der Waals surface area contributed by atoms with Crippen molar-refractivity contribution in [2.24, 2.45) is 10.7 Å². The first kappa shape index (κ1) is 14.2. The lowest BCUT2D eigenvalue weighted by Gasteiger charge is -2.27. The number of thioether (sulfide) groups is 1. The fourth-order valence-corrected chi connectivity index (χ4v) is 2.65. The predicted molar refractivity (Wildman–Crippen MR) is 79.3 cm³/mol. The van der Waals surface area contributed by atoms with Crippen molar-refractivity contribution in [3.05, 3.63) is 11.6 Å². The molecule has 1 saturated heterocycles. The quantitative estimate of drug-likeness (QED) is 0.624. The highest BCUT2D eigenvalue weighted by Gasteiger charge is 2.19. The molecule has 1 aliphatic heterocycles. The van der Waals surface area contributed by atoms with E-state index in [0.717, 1.165) is 36.2 Å². The molecule has 2 rings (SSSR count). The van der Waals surface area contributed by atoms with Crippen LogP contribution in [0.5, 0.6) is 0 Å². The predicted octanol–water partition coefficient (Wildman–Crippen LogP) is 0.966. The van der Waals surface area contributed by atoms with Gasteiger partial charge in [0.15, 0.2) is 11.8 Å². The van der Waals surface area contributed by atoms with Crippen LogP contribution in [0.4, 0.5) is 0 Å². The molecular formula is C12H22N6S. The normalized spacial score (nSPS) is 17.8. The monoisotopic (exact) mass is 282 g/mol. The fraction of sp³-hybridized carbons (Fsp3) is 0.750. The van der Waals surface area contributed by atoms with E-state index in [1.165, 1.54) is 0 Å². The molecule has 0 spiro atoms. The first-order valence-electron chi connectivity index (χ1n) is 6.51. The fourth-order valence-electron chi connectivity index (χ4n) is 1.75. The number of aromatic amines is 1. The Morgan fingerprint density at radius 3 is 2.68 bits per heavy atom. The van der Waals surface area contributed by atoms with Gasteiger partial charge in [0.05, 0.1) is 0 Å². The van der Waals surface area contributed by atoms with Crippen molar-refractivity contribution in [2.45, 2.75) is 32.7 Å². The highest BCUT2D eigenvalue weighted by atomic mass is 32.2. The molecule has 0 amide bonds. The number of nitrogens with zero attached hydrogens (tertiary/aromatic N) is 4. The van der Waals surface area contributed by atoms with Gasteiger partial charge in [0.25, 0.3) is 0 Å². The first-order chi connectivity index (χ1) is 8.97. The van der Waals surface area contributed by atoms with Gasteiger partial charge in [-0.3, -0.25) is 5.10 Å². The van der Waals surface area contributed by atoms with Crippen LogP contribution < -0.4 is 5.73 Å². The number of H-pyrrole nitrogens is 1. The molecule has 0 saturated carbocycles. The maximum absolute atomic E-state index is 5.99. The molecule has 0 atom stereocenters. The van der Waals surface area contributed by atoms with Crippen molar-refractivity contribution in [3.63, 3.8) is 0 Å². The third-order valence-electron chi connectivity index (χ3n) is 2.93. The summed E-state index contributed by atoms with van der Waals surface area (Å²) in [5.41, 5.74) is 5.95. The van der Waals surface area contributed by atoms with E-state index >= 15 is 0 Å². The van der Waals surface area contributed by atoms with Gasteiger partial charge in [0.2, 0.25) is 0 Å². The Kier molecular flexibility index (Phi) is 4.34. The van der Waals surface area contributed by atoms with Crippen LogP contribution in [0.2, 0.25) is 0 Å². The van der Waals surface area contributed by atoms with Gasteiger partial charge in [-0.05, 0) is 0 Å². The highest BCUT2D eigenvalue weighted by molar-refractivity contribution is 7.99. The molecule has 1 fully saturated rings. The SMILES string of the molecule is CC(C)(C)c1n[nH]c(CN=C(N)N2CCSCC2)n1. The molecule has 0 unspecified atom stereocenters. The maximum Gasteiger partial charge on any atom is 0.191 e. The largest absolute Gasteiger partial charge is 0.370 e. The van der Waals surface area contributed by atoms with Gasteiger partial charge in [-0.25, -0.2) is 9.98 Å². The summed E-state index contributed by atoms with van der Waals surface area (Å²) >= 11 is 1.96. The van der Waals surface area contributed by atoms with E-state index in [0.29, 0.717) is 12.5 Å². The Labute approximate surface area is 118 Å². The van der Waals surface area contributed by atoms with Gasteiger partial charge in [-0.1, -0.05) is 20.8 Å². The van der Waals surface area contributed by atoms with Crippen molar-refractivity contribution in [2.75, 3.05) is 24.6 Å². The molecule has 0 bridgehead atoms. The van der Waals surface area contributed by atoms with Crippen LogP contribution in [-0.2, 0) is 12.0 Å². The van der Waals surface area contributed by atoms with Crippen LogP contribution in [0.25, 0.3) is 0 Å². The average Bonchev–Trinajstić information content (AvgIpc) is 2.86. The van der Waals surface area contributed by atoms with Gasteiger partial charge in [0.1, 0.15) is 12.4 Å². The first-order valence-corrected chi connectivity index (χ1v) is 7.66. The zero-order valence-corrected chi connectivity index (χ0v) is 12.6. The summed E-state index contributed by atoms with van der Waals surface area (Å²) in [4.78, 5) is 11.0. The molecule has 1 aliphatic rings. The maximum atomic E-state index is 5.99. The lowest BCUT2D eigenvalue weighted by molar-refractivity contribution is 0.455. The number of guanidine groups is 1. The minimum atomic E-state index is -0.0475. The van der Waals surface area contributed by atoms with E-state index in [1.807, 2.05) is 11.8 Å². The van der Waals surface area contributed by atoms with Crippen LogP contribution in [0, 0.1) is 0 Å². The number of aromatic nitrogens is 3. The molecule has 1 aromatic rings. The second-order valence-corrected chi connectivity index (χ2v) is 6.85. The van der Waals surface area contributed by atoms with Gasteiger partial charge in [-0.15, -0.1) is 0 Å². The van der Waals surface area contributed by atoms with Crippen LogP contribution in [0.3, 0.4) is 0 Å². The summed E-state index contributed by atoms with van der Waals surface area (Å²) in [6.07, 6.45) is 0. The van der Waals surface area contributed by atoms with Crippen LogP contribution in [0.1, 0.15) is 32.4 Å². The van der Waals surface area contributed by atoms with E-state index in [4.69, 9.17) is 5.73 Å².